The molecule has 0 aromatic carbocycles. The Bertz CT molecular complexity index is 164. The van der Waals surface area contributed by atoms with Crippen molar-refractivity contribution in [3.8, 4) is 0 Å². The molecule has 1 fully saturated rings. The van der Waals surface area contributed by atoms with E-state index in [1.807, 2.05) is 0 Å². The highest BCUT2D eigenvalue weighted by Gasteiger charge is 2.33. The molecule has 0 bridgehead atoms. The number of ether oxygens (including phenoxy) is 1. The lowest BCUT2D eigenvalue weighted by molar-refractivity contribution is -0.00997. The average molecular weight is 199 g/mol. The average Bonchev–Trinajstić information content (AvgIpc) is 2.17. The predicted molar refractivity (Wildman–Crippen MR) is 60.5 cm³/mol. The summed E-state index contributed by atoms with van der Waals surface area (Å²) in [6, 6.07) is 0.559. The number of hydrogen-bond donors (Lipinski definition) is 1. The Kier molecular flexibility index (Phi) is 4.39. The van der Waals surface area contributed by atoms with Crippen molar-refractivity contribution in [2.24, 2.45) is 5.92 Å². The van der Waals surface area contributed by atoms with Crippen LogP contribution in [0.2, 0.25) is 0 Å². The molecule has 1 atom stereocenters. The van der Waals surface area contributed by atoms with E-state index < -0.39 is 0 Å². The Hall–Kier alpha value is -0.0800. The summed E-state index contributed by atoms with van der Waals surface area (Å²) in [5.74, 6) is 0.751. The molecule has 0 spiro atoms. The lowest BCUT2D eigenvalue weighted by Crippen LogP contribution is -2.58. The summed E-state index contributed by atoms with van der Waals surface area (Å²) < 4.78 is 5.72. The van der Waals surface area contributed by atoms with E-state index in [-0.39, 0.29) is 5.54 Å². The Morgan fingerprint density at radius 2 is 2.00 bits per heavy atom. The molecule has 2 nitrogen and oxygen atoms in total. The second-order valence-electron chi connectivity index (χ2n) is 4.97. The van der Waals surface area contributed by atoms with Crippen molar-refractivity contribution in [2.75, 3.05) is 13.2 Å². The zero-order valence-electron chi connectivity index (χ0n) is 10.1. The van der Waals surface area contributed by atoms with E-state index in [9.17, 15) is 0 Å². The zero-order valence-corrected chi connectivity index (χ0v) is 10.1. The maximum absolute atomic E-state index is 5.72. The third-order valence-electron chi connectivity index (χ3n) is 3.32. The van der Waals surface area contributed by atoms with E-state index in [1.165, 1.54) is 6.42 Å². The molecular formula is C12H25NO. The first-order valence-electron chi connectivity index (χ1n) is 5.97. The van der Waals surface area contributed by atoms with Crippen molar-refractivity contribution in [3.05, 3.63) is 0 Å². The van der Waals surface area contributed by atoms with Gasteiger partial charge in [0.25, 0.3) is 0 Å². The molecule has 1 N–H and O–H groups in total. The van der Waals surface area contributed by atoms with Crippen molar-refractivity contribution in [1.29, 1.82) is 0 Å². The molecule has 1 aliphatic rings. The summed E-state index contributed by atoms with van der Waals surface area (Å²) in [7, 11) is 0. The highest BCUT2D eigenvalue weighted by Crippen LogP contribution is 2.22. The van der Waals surface area contributed by atoms with Gasteiger partial charge in [0, 0.05) is 11.6 Å². The largest absolute Gasteiger partial charge is 0.378 e. The second-order valence-corrected chi connectivity index (χ2v) is 4.97. The van der Waals surface area contributed by atoms with Crippen molar-refractivity contribution >= 4 is 0 Å². The minimum absolute atomic E-state index is 0.248. The molecule has 1 rings (SSSR count). The van der Waals surface area contributed by atoms with Gasteiger partial charge in [0.1, 0.15) is 0 Å². The van der Waals surface area contributed by atoms with Gasteiger partial charge in [-0.3, -0.25) is 0 Å². The van der Waals surface area contributed by atoms with Crippen LogP contribution in [0.1, 0.15) is 47.0 Å². The number of rotatable bonds is 4. The van der Waals surface area contributed by atoms with E-state index in [4.69, 9.17) is 4.74 Å². The summed E-state index contributed by atoms with van der Waals surface area (Å²) >= 11 is 0. The van der Waals surface area contributed by atoms with E-state index in [0.29, 0.717) is 6.04 Å². The molecule has 2 heteroatoms. The van der Waals surface area contributed by atoms with E-state index >= 15 is 0 Å². The van der Waals surface area contributed by atoms with E-state index in [2.05, 4.69) is 33.0 Å². The lowest BCUT2D eigenvalue weighted by Gasteiger charge is -2.41. The van der Waals surface area contributed by atoms with Gasteiger partial charge in [-0.2, -0.15) is 0 Å². The van der Waals surface area contributed by atoms with Crippen LogP contribution in [0.15, 0.2) is 0 Å². The minimum atomic E-state index is 0.248. The van der Waals surface area contributed by atoms with Crippen LogP contribution in [0.3, 0.4) is 0 Å². The van der Waals surface area contributed by atoms with Crippen molar-refractivity contribution in [3.63, 3.8) is 0 Å². The maximum atomic E-state index is 5.72. The normalized spacial score (nSPS) is 26.8. The summed E-state index contributed by atoms with van der Waals surface area (Å²) in [5, 5.41) is 3.77. The summed E-state index contributed by atoms with van der Waals surface area (Å²) in [6.07, 6.45) is 3.55. The lowest BCUT2D eigenvalue weighted by atomic mass is 9.89. The third kappa shape index (κ3) is 2.96. The number of hydrogen-bond acceptors (Lipinski definition) is 2. The molecule has 0 aromatic heterocycles. The molecule has 0 amide bonds. The molecule has 0 unspecified atom stereocenters. The first-order chi connectivity index (χ1) is 6.62. The topological polar surface area (TPSA) is 21.3 Å². The maximum Gasteiger partial charge on any atom is 0.0648 e. The molecule has 84 valence electrons. The molecule has 14 heavy (non-hydrogen) atoms. The minimum Gasteiger partial charge on any atom is -0.378 e. The fraction of sp³-hybridized carbons (Fsp3) is 1.00. The van der Waals surface area contributed by atoms with Crippen LogP contribution in [0, 0.1) is 5.92 Å². The molecule has 0 aromatic rings. The molecular weight excluding hydrogens is 174 g/mol. The van der Waals surface area contributed by atoms with Gasteiger partial charge in [-0.1, -0.05) is 27.7 Å². The summed E-state index contributed by atoms with van der Waals surface area (Å²) in [4.78, 5) is 0. The van der Waals surface area contributed by atoms with Gasteiger partial charge < -0.3 is 10.1 Å². The number of nitrogens with one attached hydrogen (secondary N) is 1. The van der Waals surface area contributed by atoms with Crippen LogP contribution in [-0.4, -0.2) is 24.8 Å². The third-order valence-corrected chi connectivity index (χ3v) is 3.32. The monoisotopic (exact) mass is 199 g/mol. The molecule has 0 saturated carbocycles. The van der Waals surface area contributed by atoms with Gasteiger partial charge >= 0.3 is 0 Å². The second kappa shape index (κ2) is 5.13. The Morgan fingerprint density at radius 1 is 1.36 bits per heavy atom. The van der Waals surface area contributed by atoms with Gasteiger partial charge in [0.15, 0.2) is 0 Å². The molecule has 0 aliphatic carbocycles. The van der Waals surface area contributed by atoms with Crippen LogP contribution in [0.5, 0.6) is 0 Å². The van der Waals surface area contributed by atoms with Gasteiger partial charge in [0.05, 0.1) is 13.2 Å². The van der Waals surface area contributed by atoms with Gasteiger partial charge in [0.2, 0.25) is 0 Å². The van der Waals surface area contributed by atoms with Crippen LogP contribution in [-0.2, 0) is 4.74 Å². The first kappa shape index (κ1) is 12.0. The Labute approximate surface area is 88.4 Å². The SMILES string of the molecule is CCC1(CC)COC[C@@H](CC(C)C)N1. The van der Waals surface area contributed by atoms with Gasteiger partial charge in [-0.25, -0.2) is 0 Å². The summed E-state index contributed by atoms with van der Waals surface area (Å²) in [6.45, 7) is 10.8. The quantitative estimate of drug-likeness (QED) is 0.751. The Balaban J connectivity index is 2.49. The molecule has 1 heterocycles. The molecule has 1 aliphatic heterocycles. The standard InChI is InChI=1S/C12H25NO/c1-5-12(6-2)9-14-8-11(13-12)7-10(3)4/h10-11,13H,5-9H2,1-4H3/t11-/m1/s1. The van der Waals surface area contributed by atoms with E-state index in [1.54, 1.807) is 0 Å². The van der Waals surface area contributed by atoms with Gasteiger partial charge in [-0.05, 0) is 25.2 Å². The van der Waals surface area contributed by atoms with E-state index in [0.717, 1.165) is 32.0 Å². The zero-order chi connectivity index (χ0) is 10.6. The smallest absolute Gasteiger partial charge is 0.0648 e. The predicted octanol–water partition coefficient (Wildman–Crippen LogP) is 2.58. The highest BCUT2D eigenvalue weighted by molar-refractivity contribution is 4.92. The van der Waals surface area contributed by atoms with Crippen molar-refractivity contribution in [2.45, 2.75) is 58.5 Å². The van der Waals surface area contributed by atoms with Crippen LogP contribution in [0.25, 0.3) is 0 Å². The van der Waals surface area contributed by atoms with Crippen LogP contribution >= 0.6 is 0 Å². The van der Waals surface area contributed by atoms with Crippen LogP contribution in [0.4, 0.5) is 0 Å². The van der Waals surface area contributed by atoms with Crippen molar-refractivity contribution in [1.82, 2.24) is 5.32 Å². The van der Waals surface area contributed by atoms with Gasteiger partial charge in [-0.15, -0.1) is 0 Å². The fourth-order valence-corrected chi connectivity index (χ4v) is 2.27. The number of morpholine rings is 1. The fourth-order valence-electron chi connectivity index (χ4n) is 2.27. The first-order valence-corrected chi connectivity index (χ1v) is 5.97. The van der Waals surface area contributed by atoms with Crippen molar-refractivity contribution < 1.29 is 4.74 Å². The van der Waals surface area contributed by atoms with Crippen LogP contribution < -0.4 is 5.32 Å². The Morgan fingerprint density at radius 3 is 2.50 bits per heavy atom. The molecule has 0 radical (unpaired) electrons. The summed E-state index contributed by atoms with van der Waals surface area (Å²) in [5.41, 5.74) is 0.248. The molecule has 1 saturated heterocycles. The highest BCUT2D eigenvalue weighted by atomic mass is 16.5.